The minimum absolute atomic E-state index is 0. The quantitative estimate of drug-likeness (QED) is 0.484. The minimum Gasteiger partial charge on any atom is -0.302 e. The molecule has 0 saturated heterocycles. The predicted molar refractivity (Wildman–Crippen MR) is 41.9 cm³/mol. The molecule has 0 aromatic carbocycles. The summed E-state index contributed by atoms with van der Waals surface area (Å²) < 4.78 is 2.29. The molecule has 0 unspecified atom stereocenters. The van der Waals surface area contributed by atoms with Crippen LogP contribution in [0.3, 0.4) is 0 Å². The van der Waals surface area contributed by atoms with E-state index < -0.39 is 0 Å². The van der Waals surface area contributed by atoms with Gasteiger partial charge in [0.25, 0.3) is 0 Å². The largest absolute Gasteiger partial charge is 0.302 e. The van der Waals surface area contributed by atoms with Crippen LogP contribution < -0.4 is 5.32 Å². The van der Waals surface area contributed by atoms with E-state index in [1.54, 1.807) is 0 Å². The number of hydrogen-bond donors (Lipinski definition) is 1. The second kappa shape index (κ2) is 3.85. The SMILES string of the molecule is CC1=[N+](C)CCNC1.Cl. The zero-order chi connectivity index (χ0) is 5.98. The maximum atomic E-state index is 3.29. The van der Waals surface area contributed by atoms with Crippen molar-refractivity contribution in [1.29, 1.82) is 0 Å². The Morgan fingerprint density at radius 2 is 2.22 bits per heavy atom. The van der Waals surface area contributed by atoms with Crippen molar-refractivity contribution in [1.82, 2.24) is 5.32 Å². The lowest BCUT2D eigenvalue weighted by molar-refractivity contribution is -0.500. The van der Waals surface area contributed by atoms with Crippen molar-refractivity contribution in [2.75, 3.05) is 26.7 Å². The van der Waals surface area contributed by atoms with Crippen LogP contribution in [0.4, 0.5) is 0 Å². The van der Waals surface area contributed by atoms with Crippen molar-refractivity contribution in [3.05, 3.63) is 0 Å². The van der Waals surface area contributed by atoms with Crippen LogP contribution in [0.15, 0.2) is 0 Å². The van der Waals surface area contributed by atoms with E-state index >= 15 is 0 Å². The minimum atomic E-state index is 0. The highest BCUT2D eigenvalue weighted by Gasteiger charge is 2.08. The summed E-state index contributed by atoms with van der Waals surface area (Å²) in [6, 6.07) is 0. The zero-order valence-electron chi connectivity index (χ0n) is 5.98. The third-order valence-electron chi connectivity index (χ3n) is 1.66. The Balaban J connectivity index is 0.000000640. The molecule has 0 saturated carbocycles. The Labute approximate surface area is 62.4 Å². The molecule has 0 aromatic heterocycles. The molecule has 0 spiro atoms. The number of nitrogens with zero attached hydrogens (tertiary/aromatic N) is 1. The van der Waals surface area contributed by atoms with Crippen LogP contribution in [-0.2, 0) is 0 Å². The van der Waals surface area contributed by atoms with Crippen LogP contribution in [0.25, 0.3) is 0 Å². The van der Waals surface area contributed by atoms with Crippen LogP contribution >= 0.6 is 12.4 Å². The van der Waals surface area contributed by atoms with E-state index in [1.807, 2.05) is 0 Å². The van der Waals surface area contributed by atoms with E-state index in [9.17, 15) is 0 Å². The number of hydrogen-bond acceptors (Lipinski definition) is 1. The van der Waals surface area contributed by atoms with Gasteiger partial charge in [-0.05, 0) is 0 Å². The molecule has 54 valence electrons. The van der Waals surface area contributed by atoms with Gasteiger partial charge in [0.2, 0.25) is 0 Å². The average molecular weight is 150 g/mol. The molecular formula is C6H14ClN2+. The number of rotatable bonds is 0. The Hall–Kier alpha value is -0.0800. The maximum absolute atomic E-state index is 3.29. The van der Waals surface area contributed by atoms with Gasteiger partial charge >= 0.3 is 0 Å². The fourth-order valence-electron chi connectivity index (χ4n) is 0.842. The molecule has 0 fully saturated rings. The van der Waals surface area contributed by atoms with E-state index in [0.717, 1.165) is 19.6 Å². The second-order valence-electron chi connectivity index (χ2n) is 2.33. The molecule has 0 radical (unpaired) electrons. The summed E-state index contributed by atoms with van der Waals surface area (Å²) in [6.07, 6.45) is 0. The van der Waals surface area contributed by atoms with Crippen molar-refractivity contribution in [2.24, 2.45) is 0 Å². The van der Waals surface area contributed by atoms with Gasteiger partial charge in [-0.1, -0.05) is 0 Å². The topological polar surface area (TPSA) is 15.0 Å². The van der Waals surface area contributed by atoms with Gasteiger partial charge < -0.3 is 5.32 Å². The van der Waals surface area contributed by atoms with Crippen LogP contribution in [-0.4, -0.2) is 37.0 Å². The van der Waals surface area contributed by atoms with Crippen molar-refractivity contribution in [2.45, 2.75) is 6.92 Å². The molecular weight excluding hydrogens is 136 g/mol. The van der Waals surface area contributed by atoms with E-state index in [2.05, 4.69) is 23.9 Å². The Bertz CT molecular complexity index is 106. The van der Waals surface area contributed by atoms with Gasteiger partial charge in [-0.3, -0.25) is 0 Å². The predicted octanol–water partition coefficient (Wildman–Crippen LogP) is 0.115. The van der Waals surface area contributed by atoms with Crippen LogP contribution in [0.2, 0.25) is 0 Å². The molecule has 9 heavy (non-hydrogen) atoms. The van der Waals surface area contributed by atoms with Gasteiger partial charge in [-0.25, -0.2) is 4.58 Å². The first kappa shape index (κ1) is 8.92. The average Bonchev–Trinajstić information content (AvgIpc) is 1.77. The summed E-state index contributed by atoms with van der Waals surface area (Å²) in [5.41, 5.74) is 1.44. The van der Waals surface area contributed by atoms with Gasteiger partial charge in [-0.2, -0.15) is 0 Å². The number of likely N-dealkylation sites (N-methyl/N-ethyl adjacent to an activating group) is 1. The van der Waals surface area contributed by atoms with Gasteiger partial charge in [-0.15, -0.1) is 12.4 Å². The smallest absolute Gasteiger partial charge is 0.162 e. The van der Waals surface area contributed by atoms with Gasteiger partial charge in [0.15, 0.2) is 12.3 Å². The highest BCUT2D eigenvalue weighted by Crippen LogP contribution is 1.80. The Kier molecular flexibility index (Phi) is 3.82. The molecule has 1 aliphatic rings. The number of nitrogens with one attached hydrogen (secondary N) is 1. The third-order valence-corrected chi connectivity index (χ3v) is 1.66. The van der Waals surface area contributed by atoms with Crippen molar-refractivity contribution < 1.29 is 4.58 Å². The molecule has 3 heteroatoms. The molecule has 1 N–H and O–H groups in total. The van der Waals surface area contributed by atoms with E-state index in [1.165, 1.54) is 5.71 Å². The lowest BCUT2D eigenvalue weighted by Gasteiger charge is -2.09. The van der Waals surface area contributed by atoms with Gasteiger partial charge in [0.1, 0.15) is 7.05 Å². The lowest BCUT2D eigenvalue weighted by atomic mass is 10.3. The first-order valence-electron chi connectivity index (χ1n) is 3.05. The van der Waals surface area contributed by atoms with Crippen molar-refractivity contribution in [3.8, 4) is 0 Å². The van der Waals surface area contributed by atoms with E-state index in [-0.39, 0.29) is 12.4 Å². The van der Waals surface area contributed by atoms with Gasteiger partial charge in [0, 0.05) is 6.92 Å². The normalized spacial score (nSPS) is 19.3. The summed E-state index contributed by atoms with van der Waals surface area (Å²) in [5, 5.41) is 3.29. The van der Waals surface area contributed by atoms with E-state index in [4.69, 9.17) is 0 Å². The summed E-state index contributed by atoms with van der Waals surface area (Å²) >= 11 is 0. The summed E-state index contributed by atoms with van der Waals surface area (Å²) in [7, 11) is 2.14. The molecule has 0 aliphatic carbocycles. The zero-order valence-corrected chi connectivity index (χ0v) is 6.79. The van der Waals surface area contributed by atoms with E-state index in [0.29, 0.717) is 0 Å². The summed E-state index contributed by atoms with van der Waals surface area (Å²) in [4.78, 5) is 0. The van der Waals surface area contributed by atoms with Crippen LogP contribution in [0, 0.1) is 0 Å². The summed E-state index contributed by atoms with van der Waals surface area (Å²) in [5.74, 6) is 0. The molecule has 0 amide bonds. The number of halogens is 1. The monoisotopic (exact) mass is 149 g/mol. The highest BCUT2D eigenvalue weighted by molar-refractivity contribution is 5.85. The fourth-order valence-corrected chi connectivity index (χ4v) is 0.842. The maximum Gasteiger partial charge on any atom is 0.162 e. The standard InChI is InChI=1S/C6H13N2.ClH/c1-6-5-7-3-4-8(6)2;/h7H,3-5H2,1-2H3;1H/q+1;. The van der Waals surface area contributed by atoms with Crippen molar-refractivity contribution >= 4 is 18.1 Å². The second-order valence-corrected chi connectivity index (χ2v) is 2.33. The summed E-state index contributed by atoms with van der Waals surface area (Å²) in [6.45, 7) is 5.52. The molecule has 2 nitrogen and oxygen atoms in total. The molecule has 1 heterocycles. The lowest BCUT2D eigenvalue weighted by Crippen LogP contribution is -2.38. The fraction of sp³-hybridized carbons (Fsp3) is 0.833. The first-order chi connectivity index (χ1) is 3.80. The first-order valence-corrected chi connectivity index (χ1v) is 3.05. The molecule has 0 bridgehead atoms. The Morgan fingerprint density at radius 1 is 1.56 bits per heavy atom. The molecule has 0 atom stereocenters. The highest BCUT2D eigenvalue weighted by atomic mass is 35.5. The molecule has 1 aliphatic heterocycles. The van der Waals surface area contributed by atoms with Crippen LogP contribution in [0.5, 0.6) is 0 Å². The van der Waals surface area contributed by atoms with Gasteiger partial charge in [0.05, 0.1) is 13.1 Å². The Morgan fingerprint density at radius 3 is 2.56 bits per heavy atom. The van der Waals surface area contributed by atoms with Crippen LogP contribution in [0.1, 0.15) is 6.92 Å². The molecule has 1 rings (SSSR count). The molecule has 0 aromatic rings. The van der Waals surface area contributed by atoms with Crippen molar-refractivity contribution in [3.63, 3.8) is 0 Å². The third kappa shape index (κ3) is 2.33.